The lowest BCUT2D eigenvalue weighted by Gasteiger charge is -2.25. The number of unbranched alkanes of at least 4 members (excludes halogenated alkanes) is 2. The van der Waals surface area contributed by atoms with Crippen LogP contribution in [-0.2, 0) is 0 Å². The van der Waals surface area contributed by atoms with Gasteiger partial charge in [-0.3, -0.25) is 4.79 Å². The van der Waals surface area contributed by atoms with Crippen molar-refractivity contribution in [2.45, 2.75) is 53.4 Å². The van der Waals surface area contributed by atoms with E-state index in [0.717, 1.165) is 18.8 Å². The van der Waals surface area contributed by atoms with Crippen LogP contribution in [0.15, 0.2) is 18.3 Å². The van der Waals surface area contributed by atoms with E-state index in [0.29, 0.717) is 12.1 Å². The van der Waals surface area contributed by atoms with Crippen LogP contribution in [0.5, 0.6) is 0 Å². The quantitative estimate of drug-likeness (QED) is 0.679. The molecule has 0 aliphatic carbocycles. The average Bonchev–Trinajstić information content (AvgIpc) is 2.46. The van der Waals surface area contributed by atoms with Gasteiger partial charge in [-0.25, -0.2) is 4.98 Å². The molecule has 0 atom stereocenters. The van der Waals surface area contributed by atoms with E-state index in [9.17, 15) is 4.79 Å². The summed E-state index contributed by atoms with van der Waals surface area (Å²) in [5.74, 6) is 0.753. The number of hydrogen-bond donors (Lipinski definition) is 2. The first-order chi connectivity index (χ1) is 9.98. The van der Waals surface area contributed by atoms with Crippen LogP contribution >= 0.6 is 0 Å². The normalized spacial score (nSPS) is 11.2. The molecule has 1 aromatic heterocycles. The van der Waals surface area contributed by atoms with Gasteiger partial charge in [0.2, 0.25) is 0 Å². The molecule has 0 unspecified atom stereocenters. The van der Waals surface area contributed by atoms with Gasteiger partial charge in [0.25, 0.3) is 5.91 Å². The van der Waals surface area contributed by atoms with Crippen molar-refractivity contribution in [3.63, 3.8) is 0 Å². The summed E-state index contributed by atoms with van der Waals surface area (Å²) in [5, 5.41) is 6.13. The van der Waals surface area contributed by atoms with Gasteiger partial charge >= 0.3 is 0 Å². The topological polar surface area (TPSA) is 54.0 Å². The Labute approximate surface area is 128 Å². The van der Waals surface area contributed by atoms with Gasteiger partial charge in [0.1, 0.15) is 5.82 Å². The summed E-state index contributed by atoms with van der Waals surface area (Å²) in [5.41, 5.74) is 0.753. The fourth-order valence-corrected chi connectivity index (χ4v) is 2.18. The van der Waals surface area contributed by atoms with Crippen molar-refractivity contribution < 1.29 is 4.79 Å². The first-order valence-corrected chi connectivity index (χ1v) is 7.96. The van der Waals surface area contributed by atoms with E-state index in [4.69, 9.17) is 0 Å². The molecule has 1 amide bonds. The van der Waals surface area contributed by atoms with Gasteiger partial charge in [0.05, 0.1) is 5.56 Å². The highest BCUT2D eigenvalue weighted by Crippen LogP contribution is 2.22. The standard InChI is InChI=1S/C17H29N3O/c1-5-7-8-11-17(3,4)13-20-16(21)14-9-10-15(18-6-2)19-12-14/h9-10,12H,5-8,11,13H2,1-4H3,(H,18,19)(H,20,21). The van der Waals surface area contributed by atoms with Gasteiger partial charge in [-0.1, -0.05) is 40.0 Å². The number of anilines is 1. The molecule has 2 N–H and O–H groups in total. The number of nitrogens with one attached hydrogen (secondary N) is 2. The molecule has 0 aromatic carbocycles. The third-order valence-corrected chi connectivity index (χ3v) is 3.57. The van der Waals surface area contributed by atoms with Gasteiger partial charge in [-0.15, -0.1) is 0 Å². The van der Waals surface area contributed by atoms with Crippen molar-refractivity contribution in [3.05, 3.63) is 23.9 Å². The van der Waals surface area contributed by atoms with Crippen LogP contribution in [-0.4, -0.2) is 24.0 Å². The van der Waals surface area contributed by atoms with Gasteiger partial charge < -0.3 is 10.6 Å². The predicted molar refractivity (Wildman–Crippen MR) is 88.7 cm³/mol. The van der Waals surface area contributed by atoms with E-state index in [2.05, 4.69) is 36.4 Å². The van der Waals surface area contributed by atoms with E-state index >= 15 is 0 Å². The van der Waals surface area contributed by atoms with E-state index in [1.165, 1.54) is 19.3 Å². The van der Waals surface area contributed by atoms with Crippen LogP contribution in [0.1, 0.15) is 63.7 Å². The largest absolute Gasteiger partial charge is 0.370 e. The fraction of sp³-hybridized carbons (Fsp3) is 0.647. The third-order valence-electron chi connectivity index (χ3n) is 3.57. The maximum Gasteiger partial charge on any atom is 0.252 e. The molecule has 0 aliphatic rings. The third kappa shape index (κ3) is 6.61. The molecule has 1 heterocycles. The maximum atomic E-state index is 12.1. The molecule has 0 saturated heterocycles. The van der Waals surface area contributed by atoms with Crippen LogP contribution in [0.2, 0.25) is 0 Å². The molecule has 4 nitrogen and oxygen atoms in total. The Bertz CT molecular complexity index is 426. The summed E-state index contributed by atoms with van der Waals surface area (Å²) in [6.45, 7) is 10.2. The molecule has 0 radical (unpaired) electrons. The molecule has 0 bridgehead atoms. The molecule has 118 valence electrons. The lowest BCUT2D eigenvalue weighted by atomic mass is 9.87. The van der Waals surface area contributed by atoms with Crippen LogP contribution in [0, 0.1) is 5.41 Å². The minimum atomic E-state index is -0.0471. The monoisotopic (exact) mass is 291 g/mol. The molecule has 1 aromatic rings. The maximum absolute atomic E-state index is 12.1. The second kappa shape index (κ2) is 8.65. The van der Waals surface area contributed by atoms with Crippen LogP contribution < -0.4 is 10.6 Å². The number of pyridine rings is 1. The second-order valence-corrected chi connectivity index (χ2v) is 6.27. The van der Waals surface area contributed by atoms with E-state index in [1.807, 2.05) is 19.1 Å². The minimum Gasteiger partial charge on any atom is -0.370 e. The molecule has 0 spiro atoms. The zero-order valence-corrected chi connectivity index (χ0v) is 13.8. The summed E-state index contributed by atoms with van der Waals surface area (Å²) in [4.78, 5) is 16.3. The molecule has 0 fully saturated rings. The number of carbonyl (C=O) groups excluding carboxylic acids is 1. The minimum absolute atomic E-state index is 0.0471. The van der Waals surface area contributed by atoms with Crippen LogP contribution in [0.25, 0.3) is 0 Å². The Morgan fingerprint density at radius 1 is 1.24 bits per heavy atom. The summed E-state index contributed by atoms with van der Waals surface area (Å²) < 4.78 is 0. The Kier molecular flexibility index (Phi) is 7.20. The van der Waals surface area contributed by atoms with Crippen molar-refractivity contribution in [1.29, 1.82) is 0 Å². The van der Waals surface area contributed by atoms with Gasteiger partial charge in [-0.05, 0) is 30.9 Å². The summed E-state index contributed by atoms with van der Waals surface area (Å²) >= 11 is 0. The molecule has 4 heteroatoms. The van der Waals surface area contributed by atoms with Crippen molar-refractivity contribution in [3.8, 4) is 0 Å². The zero-order valence-electron chi connectivity index (χ0n) is 13.8. The molecular weight excluding hydrogens is 262 g/mol. The predicted octanol–water partition coefficient (Wildman–Crippen LogP) is 3.85. The van der Waals surface area contributed by atoms with E-state index in [-0.39, 0.29) is 11.3 Å². The summed E-state index contributed by atoms with van der Waals surface area (Å²) in [7, 11) is 0. The van der Waals surface area contributed by atoms with Gasteiger partial charge in [-0.2, -0.15) is 0 Å². The summed E-state index contributed by atoms with van der Waals surface area (Å²) in [6, 6.07) is 3.65. The molecule has 0 aliphatic heterocycles. The SMILES string of the molecule is CCCCCC(C)(C)CNC(=O)c1ccc(NCC)nc1. The highest BCUT2D eigenvalue weighted by molar-refractivity contribution is 5.94. The van der Waals surface area contributed by atoms with Crippen LogP contribution in [0.3, 0.4) is 0 Å². The van der Waals surface area contributed by atoms with Crippen molar-refractivity contribution >= 4 is 11.7 Å². The Hall–Kier alpha value is -1.58. The van der Waals surface area contributed by atoms with Gasteiger partial charge in [0, 0.05) is 19.3 Å². The molecule has 1 rings (SSSR count). The second-order valence-electron chi connectivity index (χ2n) is 6.27. The molecule has 0 saturated carbocycles. The first-order valence-electron chi connectivity index (χ1n) is 7.96. The number of aromatic nitrogens is 1. The Balaban J connectivity index is 2.45. The Morgan fingerprint density at radius 3 is 2.57 bits per heavy atom. The smallest absolute Gasteiger partial charge is 0.252 e. The van der Waals surface area contributed by atoms with E-state index in [1.54, 1.807) is 6.20 Å². The molecular formula is C17H29N3O. The first kappa shape index (κ1) is 17.5. The number of rotatable bonds is 9. The molecule has 21 heavy (non-hydrogen) atoms. The van der Waals surface area contributed by atoms with E-state index < -0.39 is 0 Å². The number of nitrogens with zero attached hydrogens (tertiary/aromatic N) is 1. The van der Waals surface area contributed by atoms with Crippen molar-refractivity contribution in [1.82, 2.24) is 10.3 Å². The Morgan fingerprint density at radius 2 is 2.00 bits per heavy atom. The number of hydrogen-bond acceptors (Lipinski definition) is 3. The van der Waals surface area contributed by atoms with Crippen molar-refractivity contribution in [2.75, 3.05) is 18.4 Å². The summed E-state index contributed by atoms with van der Waals surface area (Å²) in [6.07, 6.45) is 6.47. The van der Waals surface area contributed by atoms with Gasteiger partial charge in [0.15, 0.2) is 0 Å². The lowest BCUT2D eigenvalue weighted by molar-refractivity contribution is 0.0933. The van der Waals surface area contributed by atoms with Crippen LogP contribution in [0.4, 0.5) is 5.82 Å². The lowest BCUT2D eigenvalue weighted by Crippen LogP contribution is -2.34. The number of carbonyl (C=O) groups is 1. The fourth-order valence-electron chi connectivity index (χ4n) is 2.18. The number of amides is 1. The zero-order chi connectivity index (χ0) is 15.7. The highest BCUT2D eigenvalue weighted by atomic mass is 16.1. The average molecular weight is 291 g/mol. The van der Waals surface area contributed by atoms with Crippen molar-refractivity contribution in [2.24, 2.45) is 5.41 Å². The highest BCUT2D eigenvalue weighted by Gasteiger charge is 2.18.